The maximum atomic E-state index is 11.2. The second kappa shape index (κ2) is 5.37. The highest BCUT2D eigenvalue weighted by atomic mass is 16.6. The predicted molar refractivity (Wildman–Crippen MR) is 70.2 cm³/mol. The number of aromatic nitrogens is 1. The van der Waals surface area contributed by atoms with Gasteiger partial charge in [0.05, 0.1) is 27.3 Å². The quantitative estimate of drug-likeness (QED) is 0.650. The lowest BCUT2D eigenvalue weighted by Crippen LogP contribution is -2.07. The molecule has 21 heavy (non-hydrogen) atoms. The molecule has 2 aromatic rings. The molecule has 1 aromatic heterocycles. The van der Waals surface area contributed by atoms with Gasteiger partial charge in [-0.3, -0.25) is 15.1 Å². The maximum Gasteiger partial charge on any atom is 0.337 e. The van der Waals surface area contributed by atoms with Gasteiger partial charge >= 0.3 is 11.9 Å². The van der Waals surface area contributed by atoms with Crippen LogP contribution in [-0.2, 0) is 0 Å². The van der Waals surface area contributed by atoms with Crippen LogP contribution in [0.3, 0.4) is 0 Å². The van der Waals surface area contributed by atoms with Gasteiger partial charge in [-0.15, -0.1) is 0 Å². The summed E-state index contributed by atoms with van der Waals surface area (Å²) in [6.45, 7) is 0. The van der Waals surface area contributed by atoms with Gasteiger partial charge in [0, 0.05) is 12.3 Å². The van der Waals surface area contributed by atoms with Crippen molar-refractivity contribution in [1.29, 1.82) is 0 Å². The minimum Gasteiger partial charge on any atom is -0.478 e. The molecule has 2 rings (SSSR count). The molecule has 2 N–H and O–H groups in total. The van der Waals surface area contributed by atoms with Crippen LogP contribution in [0.25, 0.3) is 11.3 Å². The van der Waals surface area contributed by atoms with E-state index in [9.17, 15) is 19.7 Å². The van der Waals surface area contributed by atoms with E-state index in [4.69, 9.17) is 10.2 Å². The summed E-state index contributed by atoms with van der Waals surface area (Å²) >= 11 is 0. The SMILES string of the molecule is O=C(O)c1cnc(-c2ccccc2[N+](=O)[O-])c(C(=O)O)c1. The van der Waals surface area contributed by atoms with Gasteiger partial charge in [0.2, 0.25) is 0 Å². The number of para-hydroxylation sites is 1. The van der Waals surface area contributed by atoms with Crippen molar-refractivity contribution in [3.63, 3.8) is 0 Å². The molecule has 1 heterocycles. The van der Waals surface area contributed by atoms with Crippen LogP contribution in [0, 0.1) is 10.1 Å². The fourth-order valence-corrected chi connectivity index (χ4v) is 1.79. The van der Waals surface area contributed by atoms with Crippen LogP contribution in [0.15, 0.2) is 36.5 Å². The molecule has 0 atom stereocenters. The number of aromatic carboxylic acids is 2. The van der Waals surface area contributed by atoms with Crippen LogP contribution in [-0.4, -0.2) is 32.1 Å². The molecular weight excluding hydrogens is 280 g/mol. The van der Waals surface area contributed by atoms with Crippen molar-refractivity contribution in [2.45, 2.75) is 0 Å². The van der Waals surface area contributed by atoms with Gasteiger partial charge in [0.1, 0.15) is 0 Å². The zero-order valence-electron chi connectivity index (χ0n) is 10.4. The average Bonchev–Trinajstić information content (AvgIpc) is 2.46. The number of benzene rings is 1. The van der Waals surface area contributed by atoms with Gasteiger partial charge in [-0.25, -0.2) is 9.59 Å². The smallest absolute Gasteiger partial charge is 0.337 e. The fraction of sp³-hybridized carbons (Fsp3) is 0. The number of nitrogens with zero attached hydrogens (tertiary/aromatic N) is 2. The first kappa shape index (κ1) is 14.1. The lowest BCUT2D eigenvalue weighted by atomic mass is 10.0. The lowest BCUT2D eigenvalue weighted by Gasteiger charge is -2.07. The van der Waals surface area contributed by atoms with E-state index in [0.29, 0.717) is 0 Å². The lowest BCUT2D eigenvalue weighted by molar-refractivity contribution is -0.384. The molecule has 8 heteroatoms. The van der Waals surface area contributed by atoms with E-state index in [1.165, 1.54) is 24.3 Å². The van der Waals surface area contributed by atoms with E-state index in [-0.39, 0.29) is 22.5 Å². The summed E-state index contributed by atoms with van der Waals surface area (Å²) in [6, 6.07) is 6.43. The summed E-state index contributed by atoms with van der Waals surface area (Å²) < 4.78 is 0. The van der Waals surface area contributed by atoms with Gasteiger partial charge in [0.25, 0.3) is 5.69 Å². The van der Waals surface area contributed by atoms with Gasteiger partial charge in [-0.05, 0) is 12.1 Å². The Balaban J connectivity index is 2.72. The Morgan fingerprint density at radius 3 is 2.38 bits per heavy atom. The molecule has 1 aromatic carbocycles. The molecular formula is C13H8N2O6. The fourth-order valence-electron chi connectivity index (χ4n) is 1.79. The summed E-state index contributed by atoms with van der Waals surface area (Å²) in [6.07, 6.45) is 0.959. The third-order valence-corrected chi connectivity index (χ3v) is 2.72. The predicted octanol–water partition coefficient (Wildman–Crippen LogP) is 2.05. The molecule has 0 radical (unpaired) electrons. The first-order chi connectivity index (χ1) is 9.91. The highest BCUT2D eigenvalue weighted by molar-refractivity contribution is 5.99. The highest BCUT2D eigenvalue weighted by Gasteiger charge is 2.22. The molecule has 0 saturated heterocycles. The van der Waals surface area contributed by atoms with Crippen molar-refractivity contribution in [3.05, 3.63) is 57.8 Å². The number of nitro benzene ring substituents is 1. The van der Waals surface area contributed by atoms with Crippen LogP contribution < -0.4 is 0 Å². The first-order valence-electron chi connectivity index (χ1n) is 5.62. The first-order valence-corrected chi connectivity index (χ1v) is 5.62. The van der Waals surface area contributed by atoms with E-state index in [0.717, 1.165) is 12.3 Å². The zero-order valence-corrected chi connectivity index (χ0v) is 10.4. The number of nitro groups is 1. The van der Waals surface area contributed by atoms with E-state index >= 15 is 0 Å². The van der Waals surface area contributed by atoms with Crippen molar-refractivity contribution < 1.29 is 24.7 Å². The van der Waals surface area contributed by atoms with Gasteiger partial charge in [0.15, 0.2) is 0 Å². The van der Waals surface area contributed by atoms with E-state index in [2.05, 4.69) is 4.98 Å². The molecule has 0 fully saturated rings. The molecule has 8 nitrogen and oxygen atoms in total. The second-order valence-corrected chi connectivity index (χ2v) is 4.00. The third-order valence-electron chi connectivity index (χ3n) is 2.72. The maximum absolute atomic E-state index is 11.2. The number of hydrogen-bond donors (Lipinski definition) is 2. The van der Waals surface area contributed by atoms with Crippen molar-refractivity contribution >= 4 is 17.6 Å². The van der Waals surface area contributed by atoms with E-state index in [1.807, 2.05) is 0 Å². The summed E-state index contributed by atoms with van der Waals surface area (Å²) in [4.78, 5) is 36.2. The largest absolute Gasteiger partial charge is 0.478 e. The zero-order chi connectivity index (χ0) is 15.6. The molecule has 0 spiro atoms. The number of hydrogen-bond acceptors (Lipinski definition) is 5. The molecule has 0 unspecified atom stereocenters. The number of pyridine rings is 1. The molecule has 106 valence electrons. The van der Waals surface area contributed by atoms with Crippen molar-refractivity contribution in [3.8, 4) is 11.3 Å². The second-order valence-electron chi connectivity index (χ2n) is 4.00. The Labute approximate surface area is 117 Å². The van der Waals surface area contributed by atoms with Crippen LogP contribution in [0.5, 0.6) is 0 Å². The molecule has 0 saturated carbocycles. The Kier molecular flexibility index (Phi) is 3.61. The third kappa shape index (κ3) is 2.68. The van der Waals surface area contributed by atoms with Crippen molar-refractivity contribution in [1.82, 2.24) is 4.98 Å². The Hall–Kier alpha value is -3.29. The van der Waals surface area contributed by atoms with Crippen molar-refractivity contribution in [2.24, 2.45) is 0 Å². The summed E-state index contributed by atoms with van der Waals surface area (Å²) in [7, 11) is 0. The number of carboxylic acid groups (broad SMARTS) is 2. The standard InChI is InChI=1S/C13H8N2O6/c16-12(17)7-5-9(13(18)19)11(14-6-7)8-3-1-2-4-10(8)15(20)21/h1-6H,(H,16,17)(H,18,19). The van der Waals surface area contributed by atoms with Crippen LogP contribution in [0.2, 0.25) is 0 Å². The van der Waals surface area contributed by atoms with Crippen molar-refractivity contribution in [2.75, 3.05) is 0 Å². The topological polar surface area (TPSA) is 131 Å². The molecule has 0 bridgehead atoms. The highest BCUT2D eigenvalue weighted by Crippen LogP contribution is 2.30. The van der Waals surface area contributed by atoms with Crippen LogP contribution >= 0.6 is 0 Å². The van der Waals surface area contributed by atoms with E-state index < -0.39 is 22.4 Å². The Bertz CT molecular complexity index is 756. The molecule has 0 aliphatic heterocycles. The normalized spacial score (nSPS) is 10.1. The molecule has 0 amide bonds. The number of carbonyl (C=O) groups is 2. The minimum absolute atomic E-state index is 0.0110. The summed E-state index contributed by atoms with van der Waals surface area (Å²) in [5, 5.41) is 29.0. The van der Waals surface area contributed by atoms with Crippen LogP contribution in [0.1, 0.15) is 20.7 Å². The molecule has 0 aliphatic rings. The van der Waals surface area contributed by atoms with Gasteiger partial charge in [-0.1, -0.05) is 12.1 Å². The number of rotatable bonds is 4. The number of carboxylic acids is 2. The summed E-state index contributed by atoms with van der Waals surface area (Å²) in [5.41, 5.74) is -1.17. The van der Waals surface area contributed by atoms with Crippen LogP contribution in [0.4, 0.5) is 5.69 Å². The molecule has 0 aliphatic carbocycles. The minimum atomic E-state index is -1.42. The van der Waals surface area contributed by atoms with Gasteiger partial charge in [-0.2, -0.15) is 0 Å². The Morgan fingerprint density at radius 1 is 1.14 bits per heavy atom. The summed E-state index contributed by atoms with van der Waals surface area (Å²) in [5.74, 6) is -2.75. The van der Waals surface area contributed by atoms with E-state index in [1.54, 1.807) is 0 Å². The average molecular weight is 288 g/mol. The van der Waals surface area contributed by atoms with Gasteiger partial charge < -0.3 is 10.2 Å². The monoisotopic (exact) mass is 288 g/mol. The Morgan fingerprint density at radius 2 is 1.81 bits per heavy atom.